The summed E-state index contributed by atoms with van der Waals surface area (Å²) in [5.74, 6) is 1.29. The van der Waals surface area contributed by atoms with Crippen molar-refractivity contribution in [1.29, 1.82) is 0 Å². The van der Waals surface area contributed by atoms with Crippen molar-refractivity contribution in [3.63, 3.8) is 0 Å². The van der Waals surface area contributed by atoms with Gasteiger partial charge in [-0.2, -0.15) is 4.89 Å². The van der Waals surface area contributed by atoms with Crippen molar-refractivity contribution in [1.82, 2.24) is 0 Å². The molecule has 0 saturated heterocycles. The lowest BCUT2D eigenvalue weighted by Gasteiger charge is -2.66. The fraction of sp³-hybridized carbons (Fsp3) is 0.867. The van der Waals surface area contributed by atoms with E-state index in [0.29, 0.717) is 5.92 Å². The van der Waals surface area contributed by atoms with Crippen molar-refractivity contribution in [2.75, 3.05) is 7.11 Å². The average molecular weight is 254 g/mol. The van der Waals surface area contributed by atoms with Crippen LogP contribution in [0.3, 0.4) is 0 Å². The molecule has 3 aliphatic rings. The first-order chi connectivity index (χ1) is 8.35. The lowest BCUT2D eigenvalue weighted by atomic mass is 9.43. The summed E-state index contributed by atoms with van der Waals surface area (Å²) in [6.45, 7) is 12.6. The van der Waals surface area contributed by atoms with Crippen LogP contribution >= 0.6 is 0 Å². The third-order valence-corrected chi connectivity index (χ3v) is 5.31. The Morgan fingerprint density at radius 1 is 1.33 bits per heavy atom. The van der Waals surface area contributed by atoms with E-state index in [-0.39, 0.29) is 11.0 Å². The minimum atomic E-state index is -0.469. The van der Waals surface area contributed by atoms with E-state index in [1.807, 2.05) is 6.92 Å². The Kier molecular flexibility index (Phi) is 3.60. The summed E-state index contributed by atoms with van der Waals surface area (Å²) in [7, 11) is 1.61. The van der Waals surface area contributed by atoms with E-state index in [1.54, 1.807) is 7.11 Å². The van der Waals surface area contributed by atoms with E-state index in [9.17, 15) is 0 Å². The van der Waals surface area contributed by atoms with Crippen LogP contribution in [-0.2, 0) is 14.5 Å². The van der Waals surface area contributed by atoms with Crippen LogP contribution in [0.25, 0.3) is 0 Å². The summed E-state index contributed by atoms with van der Waals surface area (Å²) >= 11 is 0. The highest BCUT2D eigenvalue weighted by Gasteiger charge is 2.67. The van der Waals surface area contributed by atoms with Gasteiger partial charge in [-0.1, -0.05) is 27.4 Å². The van der Waals surface area contributed by atoms with E-state index in [0.717, 1.165) is 17.9 Å². The van der Waals surface area contributed by atoms with Crippen molar-refractivity contribution in [2.45, 2.75) is 58.8 Å². The first kappa shape index (κ1) is 14.0. The van der Waals surface area contributed by atoms with Gasteiger partial charge in [-0.3, -0.25) is 0 Å². The number of hydrogen-bond donors (Lipinski definition) is 0. The molecule has 0 aliphatic heterocycles. The maximum Gasteiger partial charge on any atom is 0.212 e. The maximum atomic E-state index is 5.89. The van der Waals surface area contributed by atoms with Gasteiger partial charge in [-0.25, -0.2) is 4.89 Å². The molecule has 18 heavy (non-hydrogen) atoms. The van der Waals surface area contributed by atoms with Crippen molar-refractivity contribution in [3.05, 3.63) is 12.2 Å². The standard InChI is InChI=1S/C15H26O3/c1-10(2)13(16-6)17-18-15-9-12(14(15,4)5)8-7-11(15)3/h11-13H,1,7-9H2,2-6H3. The Labute approximate surface area is 110 Å². The molecule has 0 N–H and O–H groups in total. The summed E-state index contributed by atoms with van der Waals surface area (Å²) < 4.78 is 5.22. The van der Waals surface area contributed by atoms with Gasteiger partial charge in [0.1, 0.15) is 5.60 Å². The van der Waals surface area contributed by atoms with Crippen molar-refractivity contribution < 1.29 is 14.5 Å². The molecule has 0 amide bonds. The zero-order valence-electron chi connectivity index (χ0n) is 12.3. The Morgan fingerprint density at radius 2 is 2.00 bits per heavy atom. The van der Waals surface area contributed by atoms with E-state index in [2.05, 4.69) is 27.4 Å². The van der Waals surface area contributed by atoms with E-state index >= 15 is 0 Å². The van der Waals surface area contributed by atoms with E-state index in [4.69, 9.17) is 14.5 Å². The molecule has 2 bridgehead atoms. The van der Waals surface area contributed by atoms with Crippen LogP contribution in [-0.4, -0.2) is 19.0 Å². The predicted molar refractivity (Wildman–Crippen MR) is 70.8 cm³/mol. The molecule has 3 saturated carbocycles. The summed E-state index contributed by atoms with van der Waals surface area (Å²) in [4.78, 5) is 11.4. The molecule has 104 valence electrons. The Balaban J connectivity index is 2.05. The van der Waals surface area contributed by atoms with Gasteiger partial charge >= 0.3 is 0 Å². The van der Waals surface area contributed by atoms with Crippen LogP contribution in [0.2, 0.25) is 0 Å². The smallest absolute Gasteiger partial charge is 0.212 e. The third kappa shape index (κ3) is 1.84. The van der Waals surface area contributed by atoms with Gasteiger partial charge in [0.05, 0.1) is 0 Å². The number of rotatable bonds is 5. The van der Waals surface area contributed by atoms with Crippen LogP contribution in [0.1, 0.15) is 47.0 Å². The second kappa shape index (κ2) is 4.62. The second-order valence-electron chi connectivity index (χ2n) is 6.58. The number of hydrogen-bond acceptors (Lipinski definition) is 3. The molecule has 0 aromatic carbocycles. The monoisotopic (exact) mass is 254 g/mol. The summed E-state index contributed by atoms with van der Waals surface area (Å²) in [5.41, 5.74) is 0.867. The van der Waals surface area contributed by atoms with Gasteiger partial charge < -0.3 is 4.74 Å². The normalized spacial score (nSPS) is 38.9. The molecular formula is C15H26O3. The van der Waals surface area contributed by atoms with Crippen LogP contribution in [0.4, 0.5) is 0 Å². The number of methoxy groups -OCH3 is 1. The van der Waals surface area contributed by atoms with E-state index in [1.165, 1.54) is 12.8 Å². The minimum Gasteiger partial charge on any atom is -0.350 e. The van der Waals surface area contributed by atoms with Gasteiger partial charge in [0.25, 0.3) is 0 Å². The summed E-state index contributed by atoms with van der Waals surface area (Å²) in [6.07, 6.45) is 3.17. The predicted octanol–water partition coefficient (Wildman–Crippen LogP) is 3.70. The van der Waals surface area contributed by atoms with Gasteiger partial charge in [0, 0.05) is 12.5 Å². The lowest BCUT2D eigenvalue weighted by molar-refractivity contribution is -0.474. The quantitative estimate of drug-likeness (QED) is 0.324. The molecule has 3 heteroatoms. The molecule has 0 aromatic rings. The first-order valence-electron chi connectivity index (χ1n) is 6.88. The first-order valence-corrected chi connectivity index (χ1v) is 6.88. The van der Waals surface area contributed by atoms with Crippen LogP contribution < -0.4 is 0 Å². The largest absolute Gasteiger partial charge is 0.350 e. The summed E-state index contributed by atoms with van der Waals surface area (Å²) in [5, 5.41) is 0. The van der Waals surface area contributed by atoms with Crippen LogP contribution in [0.5, 0.6) is 0 Å². The minimum absolute atomic E-state index is 0.151. The number of ether oxygens (including phenoxy) is 1. The van der Waals surface area contributed by atoms with Gasteiger partial charge in [0.15, 0.2) is 0 Å². The Hall–Kier alpha value is -0.380. The fourth-order valence-electron chi connectivity index (χ4n) is 3.76. The molecular weight excluding hydrogens is 228 g/mol. The highest BCUT2D eigenvalue weighted by atomic mass is 17.2. The Morgan fingerprint density at radius 3 is 2.44 bits per heavy atom. The molecule has 3 rings (SSSR count). The molecule has 0 aromatic heterocycles. The number of fused-ring (bicyclic) bond motifs is 2. The SMILES string of the molecule is C=C(C)C(OC)OOC12CC(CCC1C)C2(C)C. The van der Waals surface area contributed by atoms with Crippen molar-refractivity contribution >= 4 is 0 Å². The molecule has 3 fully saturated rings. The zero-order valence-corrected chi connectivity index (χ0v) is 12.3. The van der Waals surface area contributed by atoms with E-state index < -0.39 is 6.29 Å². The molecule has 0 heterocycles. The van der Waals surface area contributed by atoms with Crippen LogP contribution in [0, 0.1) is 17.3 Å². The highest BCUT2D eigenvalue weighted by molar-refractivity contribution is 5.14. The maximum absolute atomic E-state index is 5.89. The van der Waals surface area contributed by atoms with Gasteiger partial charge in [-0.05, 0) is 43.6 Å². The molecule has 0 spiro atoms. The average Bonchev–Trinajstić information content (AvgIpc) is 2.30. The van der Waals surface area contributed by atoms with Gasteiger partial charge in [0.2, 0.25) is 6.29 Å². The molecule has 3 aliphatic carbocycles. The molecule has 0 radical (unpaired) electrons. The molecule has 4 atom stereocenters. The van der Waals surface area contributed by atoms with Crippen molar-refractivity contribution in [3.8, 4) is 0 Å². The summed E-state index contributed by atoms with van der Waals surface area (Å²) in [6, 6.07) is 0. The third-order valence-electron chi connectivity index (χ3n) is 5.31. The fourth-order valence-corrected chi connectivity index (χ4v) is 3.76. The molecule has 4 unspecified atom stereocenters. The Bertz CT molecular complexity index is 337. The zero-order chi connectivity index (χ0) is 13.6. The lowest BCUT2D eigenvalue weighted by Crippen LogP contribution is -2.68. The van der Waals surface area contributed by atoms with Gasteiger partial charge in [-0.15, -0.1) is 0 Å². The van der Waals surface area contributed by atoms with Crippen molar-refractivity contribution in [2.24, 2.45) is 17.3 Å². The second-order valence-corrected chi connectivity index (χ2v) is 6.58. The highest BCUT2D eigenvalue weighted by Crippen LogP contribution is 2.65. The topological polar surface area (TPSA) is 27.7 Å². The molecule has 3 nitrogen and oxygen atoms in total. The van der Waals surface area contributed by atoms with Crippen LogP contribution in [0.15, 0.2) is 12.2 Å².